The summed E-state index contributed by atoms with van der Waals surface area (Å²) in [7, 11) is 0. The van der Waals surface area contributed by atoms with E-state index in [0.29, 0.717) is 12.0 Å². The molecular weight excluding hydrogens is 292 g/mol. The van der Waals surface area contributed by atoms with Crippen molar-refractivity contribution in [3.8, 4) is 11.8 Å². The maximum absolute atomic E-state index is 5.71. The summed E-state index contributed by atoms with van der Waals surface area (Å²) < 4.78 is 5.71. The molecule has 0 aliphatic heterocycles. The topological polar surface area (TPSA) is 9.23 Å². The van der Waals surface area contributed by atoms with Crippen molar-refractivity contribution in [2.24, 2.45) is 17.8 Å². The largest absolute Gasteiger partial charge is 0.379 e. The average molecular weight is 329 g/mol. The first-order chi connectivity index (χ1) is 11.8. The van der Waals surface area contributed by atoms with Crippen LogP contribution in [-0.4, -0.2) is 12.7 Å². The van der Waals surface area contributed by atoms with E-state index >= 15 is 0 Å². The third kappa shape index (κ3) is 7.27. The summed E-state index contributed by atoms with van der Waals surface area (Å²) in [6.45, 7) is 5.24. The first-order valence-corrected chi connectivity index (χ1v) is 10.3. The lowest BCUT2D eigenvalue weighted by Gasteiger charge is -2.26. The Morgan fingerprint density at radius 1 is 0.792 bits per heavy atom. The van der Waals surface area contributed by atoms with Crippen molar-refractivity contribution in [2.45, 2.75) is 84.2 Å². The van der Waals surface area contributed by atoms with E-state index in [2.05, 4.69) is 50.0 Å². The van der Waals surface area contributed by atoms with Gasteiger partial charge in [-0.05, 0) is 88.2 Å². The predicted octanol–water partition coefficient (Wildman–Crippen LogP) is 6.30. The molecule has 2 rings (SSSR count). The van der Waals surface area contributed by atoms with Crippen LogP contribution in [0.2, 0.25) is 0 Å². The lowest BCUT2D eigenvalue weighted by atomic mass is 9.80. The van der Waals surface area contributed by atoms with Crippen LogP contribution in [0.3, 0.4) is 0 Å². The van der Waals surface area contributed by atoms with Gasteiger partial charge in [0.25, 0.3) is 0 Å². The fourth-order valence-electron chi connectivity index (χ4n) is 4.23. The van der Waals surface area contributed by atoms with Gasteiger partial charge in [-0.15, -0.1) is 0 Å². The molecule has 134 valence electrons. The third-order valence-corrected chi connectivity index (χ3v) is 5.70. The van der Waals surface area contributed by atoms with Crippen molar-refractivity contribution in [1.29, 1.82) is 0 Å². The van der Waals surface area contributed by atoms with Crippen LogP contribution in [0.15, 0.2) is 24.3 Å². The summed E-state index contributed by atoms with van der Waals surface area (Å²) in [5.41, 5.74) is 0. The van der Waals surface area contributed by atoms with Gasteiger partial charge in [0, 0.05) is 6.61 Å². The molecule has 0 radical (unpaired) electrons. The smallest absolute Gasteiger partial charge is 0.0575 e. The summed E-state index contributed by atoms with van der Waals surface area (Å²) in [6.07, 6.45) is 22.5. The maximum Gasteiger partial charge on any atom is 0.0575 e. The van der Waals surface area contributed by atoms with E-state index in [0.717, 1.165) is 18.4 Å². The Balaban J connectivity index is 1.62. The Labute approximate surface area is 149 Å². The molecule has 2 aliphatic carbocycles. The van der Waals surface area contributed by atoms with Crippen LogP contribution < -0.4 is 0 Å². The van der Waals surface area contributed by atoms with E-state index in [-0.39, 0.29) is 0 Å². The molecule has 0 spiro atoms. The molecule has 0 N–H and O–H groups in total. The van der Waals surface area contributed by atoms with Gasteiger partial charge in [-0.1, -0.05) is 43.8 Å². The molecule has 1 heteroatoms. The average Bonchev–Trinajstić information content (AvgIpc) is 2.61. The summed E-state index contributed by atoms with van der Waals surface area (Å²) in [5, 5.41) is 0. The zero-order valence-corrected chi connectivity index (χ0v) is 15.8. The van der Waals surface area contributed by atoms with Crippen molar-refractivity contribution in [3.05, 3.63) is 24.3 Å². The number of ether oxygens (including phenoxy) is 1. The van der Waals surface area contributed by atoms with Crippen molar-refractivity contribution >= 4 is 0 Å². The summed E-state index contributed by atoms with van der Waals surface area (Å²) in [6, 6.07) is 0. The summed E-state index contributed by atoms with van der Waals surface area (Å²) >= 11 is 0. The standard InChI is InChI=1S/C23H36O/c1-3-9-20-12-14-21(15-13-20)10-7-5-6-8-11-22-16-18-23(19-17-22)24-4-2/h7-8,10-11,20-23H,3-4,9,12-19H2,1-2H3. The normalized spacial score (nSPS) is 31.2. The molecule has 0 aromatic heterocycles. The fourth-order valence-corrected chi connectivity index (χ4v) is 4.23. The van der Waals surface area contributed by atoms with E-state index in [4.69, 9.17) is 4.74 Å². The van der Waals surface area contributed by atoms with Crippen LogP contribution in [0.5, 0.6) is 0 Å². The van der Waals surface area contributed by atoms with E-state index < -0.39 is 0 Å². The van der Waals surface area contributed by atoms with Crippen molar-refractivity contribution in [2.75, 3.05) is 6.61 Å². The highest BCUT2D eigenvalue weighted by atomic mass is 16.5. The number of hydrogen-bond acceptors (Lipinski definition) is 1. The highest BCUT2D eigenvalue weighted by Crippen LogP contribution is 2.32. The second-order valence-corrected chi connectivity index (χ2v) is 7.57. The summed E-state index contributed by atoms with van der Waals surface area (Å²) in [5.74, 6) is 8.85. The third-order valence-electron chi connectivity index (χ3n) is 5.70. The van der Waals surface area contributed by atoms with Crippen LogP contribution >= 0.6 is 0 Å². The molecule has 2 aliphatic rings. The van der Waals surface area contributed by atoms with Gasteiger partial charge in [0.2, 0.25) is 0 Å². The van der Waals surface area contributed by atoms with E-state index in [9.17, 15) is 0 Å². The van der Waals surface area contributed by atoms with Crippen molar-refractivity contribution in [3.63, 3.8) is 0 Å². The second kappa shape index (κ2) is 11.5. The highest BCUT2D eigenvalue weighted by molar-refractivity contribution is 5.24. The molecule has 2 saturated carbocycles. The summed E-state index contributed by atoms with van der Waals surface area (Å²) in [4.78, 5) is 0. The molecular formula is C23H36O. The number of hydrogen-bond donors (Lipinski definition) is 0. The van der Waals surface area contributed by atoms with Gasteiger partial charge in [0.05, 0.1) is 6.10 Å². The Morgan fingerprint density at radius 2 is 1.33 bits per heavy atom. The van der Waals surface area contributed by atoms with Gasteiger partial charge in [-0.25, -0.2) is 0 Å². The van der Waals surface area contributed by atoms with Crippen LogP contribution in [0, 0.1) is 29.6 Å². The van der Waals surface area contributed by atoms with Crippen molar-refractivity contribution < 1.29 is 4.74 Å². The van der Waals surface area contributed by atoms with Gasteiger partial charge in [-0.3, -0.25) is 0 Å². The minimum atomic E-state index is 0.501. The number of rotatable bonds is 6. The monoisotopic (exact) mass is 328 g/mol. The first-order valence-electron chi connectivity index (χ1n) is 10.3. The van der Waals surface area contributed by atoms with E-state index in [1.165, 1.54) is 64.2 Å². The minimum absolute atomic E-state index is 0.501. The number of allylic oxidation sites excluding steroid dienone is 4. The molecule has 0 aromatic carbocycles. The van der Waals surface area contributed by atoms with E-state index in [1.807, 2.05) is 0 Å². The molecule has 2 fully saturated rings. The lowest BCUT2D eigenvalue weighted by molar-refractivity contribution is 0.0302. The molecule has 0 amide bonds. The van der Waals surface area contributed by atoms with Crippen LogP contribution in [0.25, 0.3) is 0 Å². The Morgan fingerprint density at radius 3 is 1.83 bits per heavy atom. The minimum Gasteiger partial charge on any atom is -0.379 e. The van der Waals surface area contributed by atoms with Crippen LogP contribution in [-0.2, 0) is 4.74 Å². The Bertz CT molecular complexity index is 394. The SMILES string of the molecule is CCCC1CCC(C=CC#CC=CC2CCC(OCC)CC2)CC1. The molecule has 0 unspecified atom stereocenters. The lowest BCUT2D eigenvalue weighted by Crippen LogP contribution is -2.20. The van der Waals surface area contributed by atoms with Gasteiger partial charge >= 0.3 is 0 Å². The second-order valence-electron chi connectivity index (χ2n) is 7.57. The quantitative estimate of drug-likeness (QED) is 0.520. The Hall–Kier alpha value is -1.00. The van der Waals surface area contributed by atoms with Gasteiger partial charge in [0.15, 0.2) is 0 Å². The Kier molecular flexibility index (Phi) is 9.29. The maximum atomic E-state index is 5.71. The van der Waals surface area contributed by atoms with Gasteiger partial charge < -0.3 is 4.74 Å². The molecule has 0 aromatic rings. The van der Waals surface area contributed by atoms with E-state index in [1.54, 1.807) is 0 Å². The molecule has 0 heterocycles. The molecule has 1 nitrogen and oxygen atoms in total. The molecule has 0 saturated heterocycles. The molecule has 0 bridgehead atoms. The van der Waals surface area contributed by atoms with Gasteiger partial charge in [-0.2, -0.15) is 0 Å². The van der Waals surface area contributed by atoms with Crippen LogP contribution in [0.1, 0.15) is 78.1 Å². The van der Waals surface area contributed by atoms with Crippen LogP contribution in [0.4, 0.5) is 0 Å². The zero-order valence-electron chi connectivity index (χ0n) is 15.8. The molecule has 0 atom stereocenters. The first kappa shape index (κ1) is 19.3. The van der Waals surface area contributed by atoms with Gasteiger partial charge in [0.1, 0.15) is 0 Å². The molecule has 24 heavy (non-hydrogen) atoms. The fraction of sp³-hybridized carbons (Fsp3) is 0.739. The van der Waals surface area contributed by atoms with Crippen molar-refractivity contribution in [1.82, 2.24) is 0 Å². The predicted molar refractivity (Wildman–Crippen MR) is 104 cm³/mol. The zero-order chi connectivity index (χ0) is 17.0. The highest BCUT2D eigenvalue weighted by Gasteiger charge is 2.19.